The maximum atomic E-state index is 10.4. The molecule has 1 aromatic rings. The second-order valence-electron chi connectivity index (χ2n) is 1.97. The fourth-order valence-electron chi connectivity index (χ4n) is 0.615. The van der Waals surface area contributed by atoms with Crippen LogP contribution in [0.15, 0.2) is 10.4 Å². The van der Waals surface area contributed by atoms with Crippen molar-refractivity contribution in [3.63, 3.8) is 0 Å². The van der Waals surface area contributed by atoms with Gasteiger partial charge in [-0.05, 0) is 0 Å². The predicted molar refractivity (Wildman–Crippen MR) is 48.3 cm³/mol. The molecule has 0 saturated carbocycles. The molecule has 1 aromatic heterocycles. The number of nitrogen functional groups attached to an aromatic ring is 1. The summed E-state index contributed by atoms with van der Waals surface area (Å²) in [5, 5.41) is 10.4. The van der Waals surface area contributed by atoms with Crippen LogP contribution in [-0.2, 0) is 9.53 Å². The van der Waals surface area contributed by atoms with Crippen molar-refractivity contribution in [2.45, 2.75) is 0 Å². The average Bonchev–Trinajstić information content (AvgIpc) is 2.46. The predicted octanol–water partition coefficient (Wildman–Crippen LogP) is 0.486. The highest BCUT2D eigenvalue weighted by molar-refractivity contribution is 7.13. The molecule has 1 rings (SSSR count). The van der Waals surface area contributed by atoms with Gasteiger partial charge in [0.05, 0.1) is 7.11 Å². The van der Waals surface area contributed by atoms with Crippen molar-refractivity contribution in [1.82, 2.24) is 4.98 Å². The summed E-state index contributed by atoms with van der Waals surface area (Å²) in [6.07, 6.45) is 0. The molecule has 0 spiro atoms. The summed E-state index contributed by atoms with van der Waals surface area (Å²) in [7, 11) is 1.22. The lowest BCUT2D eigenvalue weighted by Crippen LogP contribution is -2.14. The van der Waals surface area contributed by atoms with Gasteiger partial charge in [-0.15, -0.1) is 11.3 Å². The molecule has 3 N–H and O–H groups in total. The summed E-state index contributed by atoms with van der Waals surface area (Å²) in [6, 6.07) is 0. The number of carboxylic acids is 1. The zero-order valence-electron chi connectivity index (χ0n) is 6.72. The van der Waals surface area contributed by atoms with E-state index in [1.54, 1.807) is 0 Å². The number of anilines is 1. The van der Waals surface area contributed by atoms with Crippen LogP contribution in [-0.4, -0.2) is 29.1 Å². The van der Waals surface area contributed by atoms with E-state index in [0.717, 1.165) is 0 Å². The molecule has 1 heterocycles. The lowest BCUT2D eigenvalue weighted by Gasteiger charge is -1.95. The Labute approximate surface area is 77.7 Å². The number of aromatic nitrogens is 1. The van der Waals surface area contributed by atoms with E-state index in [1.807, 2.05) is 0 Å². The largest absolute Gasteiger partial charge is 0.476 e. The monoisotopic (exact) mass is 201 g/mol. The van der Waals surface area contributed by atoms with Crippen molar-refractivity contribution in [2.24, 2.45) is 4.99 Å². The molecule has 0 aromatic carbocycles. The molecule has 0 bridgehead atoms. The van der Waals surface area contributed by atoms with Gasteiger partial charge in [0.1, 0.15) is 0 Å². The molecular weight excluding hydrogens is 194 g/mol. The average molecular weight is 201 g/mol. The third-order valence-electron chi connectivity index (χ3n) is 1.10. The van der Waals surface area contributed by atoms with Gasteiger partial charge in [-0.2, -0.15) is 4.99 Å². The third kappa shape index (κ3) is 2.41. The van der Waals surface area contributed by atoms with Crippen molar-refractivity contribution in [3.8, 4) is 0 Å². The van der Waals surface area contributed by atoms with E-state index in [-0.39, 0.29) is 5.82 Å². The number of ether oxygens (including phenoxy) is 1. The molecule has 0 radical (unpaired) electrons. The van der Waals surface area contributed by atoms with Gasteiger partial charge in [0, 0.05) is 5.38 Å². The van der Waals surface area contributed by atoms with Crippen LogP contribution < -0.4 is 5.73 Å². The van der Waals surface area contributed by atoms with Crippen molar-refractivity contribution in [3.05, 3.63) is 5.38 Å². The highest BCUT2D eigenvalue weighted by atomic mass is 32.1. The van der Waals surface area contributed by atoms with Gasteiger partial charge < -0.3 is 15.6 Å². The van der Waals surface area contributed by atoms with Crippen molar-refractivity contribution in [2.75, 3.05) is 12.8 Å². The third-order valence-corrected chi connectivity index (χ3v) is 1.76. The Bertz CT molecular complexity index is 347. The Balaban J connectivity index is 2.91. The van der Waals surface area contributed by atoms with Gasteiger partial charge in [-0.1, -0.05) is 0 Å². The zero-order chi connectivity index (χ0) is 9.84. The molecule has 0 aliphatic rings. The van der Waals surface area contributed by atoms with Gasteiger partial charge in [0.15, 0.2) is 10.9 Å². The Morgan fingerprint density at radius 2 is 2.54 bits per heavy atom. The van der Waals surface area contributed by atoms with E-state index in [1.165, 1.54) is 23.8 Å². The quantitative estimate of drug-likeness (QED) is 0.509. The molecule has 0 atom stereocenters. The molecule has 6 nitrogen and oxygen atoms in total. The molecule has 7 heteroatoms. The van der Waals surface area contributed by atoms with Crippen LogP contribution in [0.25, 0.3) is 0 Å². The van der Waals surface area contributed by atoms with Crippen molar-refractivity contribution in [1.29, 1.82) is 0 Å². The second-order valence-corrected chi connectivity index (χ2v) is 2.86. The van der Waals surface area contributed by atoms with Crippen LogP contribution in [0.5, 0.6) is 0 Å². The molecular formula is C6H7N3O3S. The highest BCUT2D eigenvalue weighted by Crippen LogP contribution is 2.18. The molecule has 0 aliphatic heterocycles. The molecule has 0 saturated heterocycles. The van der Waals surface area contributed by atoms with Crippen LogP contribution in [0.4, 0.5) is 10.9 Å². The first-order valence-electron chi connectivity index (χ1n) is 3.20. The minimum atomic E-state index is -1.24. The van der Waals surface area contributed by atoms with Gasteiger partial charge in [-0.25, -0.2) is 9.78 Å². The van der Waals surface area contributed by atoms with Crippen LogP contribution in [0, 0.1) is 0 Å². The van der Waals surface area contributed by atoms with E-state index < -0.39 is 11.9 Å². The number of carboxylic acid groups (broad SMARTS) is 1. The Morgan fingerprint density at radius 1 is 1.85 bits per heavy atom. The number of rotatable bonds is 1. The first kappa shape index (κ1) is 9.46. The maximum absolute atomic E-state index is 10.4. The first-order chi connectivity index (χ1) is 6.13. The number of aliphatic imine (C=N–C) groups is 1. The van der Waals surface area contributed by atoms with Gasteiger partial charge in [0.25, 0.3) is 0 Å². The van der Waals surface area contributed by atoms with E-state index in [0.29, 0.717) is 5.13 Å². The van der Waals surface area contributed by atoms with E-state index in [9.17, 15) is 4.79 Å². The summed E-state index contributed by atoms with van der Waals surface area (Å²) in [5.41, 5.74) is 5.32. The summed E-state index contributed by atoms with van der Waals surface area (Å²) in [6.45, 7) is 0. The summed E-state index contributed by atoms with van der Waals surface area (Å²) in [4.78, 5) is 17.8. The van der Waals surface area contributed by atoms with Crippen LogP contribution >= 0.6 is 11.3 Å². The lowest BCUT2D eigenvalue weighted by atomic mass is 10.6. The minimum Gasteiger partial charge on any atom is -0.476 e. The van der Waals surface area contributed by atoms with E-state index in [4.69, 9.17) is 10.8 Å². The zero-order valence-corrected chi connectivity index (χ0v) is 7.54. The van der Waals surface area contributed by atoms with Crippen LogP contribution in [0.1, 0.15) is 0 Å². The molecule has 70 valence electrons. The summed E-state index contributed by atoms with van der Waals surface area (Å²) < 4.78 is 4.50. The number of carbonyl (C=O) groups is 1. The van der Waals surface area contributed by atoms with Crippen molar-refractivity contribution >= 4 is 34.2 Å². The number of hydrogen-bond donors (Lipinski definition) is 2. The Kier molecular flexibility index (Phi) is 2.80. The van der Waals surface area contributed by atoms with Crippen LogP contribution in [0.2, 0.25) is 0 Å². The number of methoxy groups -OCH3 is 1. The fraction of sp³-hybridized carbons (Fsp3) is 0.167. The molecule has 0 aliphatic carbocycles. The summed E-state index contributed by atoms with van der Waals surface area (Å²) >= 11 is 1.18. The SMILES string of the molecule is COC(=Nc1csc(N)n1)C(=O)O. The number of nitrogens with two attached hydrogens (primary N) is 1. The van der Waals surface area contributed by atoms with Crippen molar-refractivity contribution < 1.29 is 14.6 Å². The van der Waals surface area contributed by atoms with E-state index >= 15 is 0 Å². The van der Waals surface area contributed by atoms with Gasteiger partial charge >= 0.3 is 11.9 Å². The number of hydrogen-bond acceptors (Lipinski definition) is 6. The fourth-order valence-corrected chi connectivity index (χ4v) is 1.09. The normalized spacial score (nSPS) is 11.3. The maximum Gasteiger partial charge on any atom is 0.391 e. The smallest absolute Gasteiger partial charge is 0.391 e. The second kappa shape index (κ2) is 3.85. The number of aliphatic carboxylic acids is 1. The Hall–Kier alpha value is -1.63. The molecule has 0 unspecified atom stereocenters. The summed E-state index contributed by atoms with van der Waals surface area (Å²) in [5.74, 6) is -1.42. The van der Waals surface area contributed by atoms with Crippen LogP contribution in [0.3, 0.4) is 0 Å². The highest BCUT2D eigenvalue weighted by Gasteiger charge is 2.09. The number of thiazole rings is 1. The van der Waals surface area contributed by atoms with Gasteiger partial charge in [0.2, 0.25) is 0 Å². The minimum absolute atomic E-state index is 0.238. The Morgan fingerprint density at radius 3 is 2.92 bits per heavy atom. The molecule has 0 fully saturated rings. The molecule has 0 amide bonds. The van der Waals surface area contributed by atoms with Gasteiger partial charge in [-0.3, -0.25) is 0 Å². The van der Waals surface area contributed by atoms with E-state index in [2.05, 4.69) is 14.7 Å². The number of nitrogens with zero attached hydrogens (tertiary/aromatic N) is 2. The standard InChI is InChI=1S/C6H7N3O3S/c1-12-4(5(10)11)8-3-2-13-6(7)9-3/h2H,1H3,(H2,7,9)(H,10,11). The topological polar surface area (TPSA) is 97.8 Å². The lowest BCUT2D eigenvalue weighted by molar-refractivity contribution is -0.130. The molecule has 13 heavy (non-hydrogen) atoms. The first-order valence-corrected chi connectivity index (χ1v) is 4.08.